The second-order valence-electron chi connectivity index (χ2n) is 3.81. The number of nitrogens with one attached hydrogen (secondary N) is 1. The second-order valence-corrected chi connectivity index (χ2v) is 3.81. The fraction of sp³-hybridized carbons (Fsp3) is 0.417. The van der Waals surface area contributed by atoms with E-state index in [-0.39, 0.29) is 17.9 Å². The number of carbonyl (C=O) groups is 1. The minimum absolute atomic E-state index is 0.0859. The van der Waals surface area contributed by atoms with Gasteiger partial charge in [0.2, 0.25) is 0 Å². The van der Waals surface area contributed by atoms with E-state index in [4.69, 9.17) is 0 Å². The maximum absolute atomic E-state index is 12.9. The zero-order valence-corrected chi connectivity index (χ0v) is 9.61. The third kappa shape index (κ3) is 4.03. The molecule has 17 heavy (non-hydrogen) atoms. The maximum Gasteiger partial charge on any atom is 0.255 e. The molecule has 1 aromatic rings. The van der Waals surface area contributed by atoms with Crippen LogP contribution in [0.4, 0.5) is 4.39 Å². The van der Waals surface area contributed by atoms with Gasteiger partial charge in [0.25, 0.3) is 5.91 Å². The van der Waals surface area contributed by atoms with E-state index in [0.717, 1.165) is 24.6 Å². The first-order chi connectivity index (χ1) is 8.04. The number of phenols is 1. The molecule has 0 aliphatic carbocycles. The van der Waals surface area contributed by atoms with Crippen molar-refractivity contribution in [3.63, 3.8) is 0 Å². The molecule has 0 aliphatic heterocycles. The highest BCUT2D eigenvalue weighted by atomic mass is 19.1. The Morgan fingerprint density at radius 1 is 1.53 bits per heavy atom. The molecule has 1 atom stereocenters. The monoisotopic (exact) mass is 241 g/mol. The Kier molecular flexibility index (Phi) is 4.90. The van der Waals surface area contributed by atoms with E-state index >= 15 is 0 Å². The number of rotatable bonds is 5. The topological polar surface area (TPSA) is 69.6 Å². The number of aliphatic hydroxyl groups excluding tert-OH is 1. The average Bonchev–Trinajstić information content (AvgIpc) is 2.29. The van der Waals surface area contributed by atoms with E-state index in [9.17, 15) is 19.4 Å². The van der Waals surface area contributed by atoms with Crippen molar-refractivity contribution < 1.29 is 19.4 Å². The van der Waals surface area contributed by atoms with Crippen molar-refractivity contribution in [1.29, 1.82) is 0 Å². The molecule has 1 amide bonds. The Labute approximate surface area is 99.1 Å². The van der Waals surface area contributed by atoms with Crippen molar-refractivity contribution in [3.8, 4) is 5.75 Å². The van der Waals surface area contributed by atoms with Crippen molar-refractivity contribution >= 4 is 5.91 Å². The maximum atomic E-state index is 12.9. The number of aromatic hydroxyl groups is 1. The minimum atomic E-state index is -0.625. The van der Waals surface area contributed by atoms with Crippen LogP contribution >= 0.6 is 0 Å². The van der Waals surface area contributed by atoms with E-state index in [1.807, 2.05) is 6.92 Å². The molecule has 0 saturated heterocycles. The Morgan fingerprint density at radius 2 is 2.24 bits per heavy atom. The number of benzene rings is 1. The Bertz CT molecular complexity index is 395. The van der Waals surface area contributed by atoms with Crippen molar-refractivity contribution in [2.45, 2.75) is 25.9 Å². The van der Waals surface area contributed by atoms with Crippen LogP contribution in [0.1, 0.15) is 30.1 Å². The summed E-state index contributed by atoms with van der Waals surface area (Å²) in [4.78, 5) is 11.6. The Hall–Kier alpha value is -1.62. The summed E-state index contributed by atoms with van der Waals surface area (Å²) in [6.45, 7) is 2.01. The fourth-order valence-corrected chi connectivity index (χ4v) is 1.43. The summed E-state index contributed by atoms with van der Waals surface area (Å²) in [5, 5.41) is 21.2. The highest BCUT2D eigenvalue weighted by Crippen LogP contribution is 2.17. The largest absolute Gasteiger partial charge is 0.507 e. The molecule has 0 radical (unpaired) electrons. The Morgan fingerprint density at radius 3 is 2.88 bits per heavy atom. The molecule has 0 fully saturated rings. The summed E-state index contributed by atoms with van der Waals surface area (Å²) in [5.74, 6) is -1.48. The molecule has 0 saturated carbocycles. The van der Waals surface area contributed by atoms with Crippen molar-refractivity contribution in [2.75, 3.05) is 6.54 Å². The molecular weight excluding hydrogens is 225 g/mol. The summed E-state index contributed by atoms with van der Waals surface area (Å²) in [6.07, 6.45) is 0.761. The van der Waals surface area contributed by atoms with Gasteiger partial charge in [0.15, 0.2) is 0 Å². The molecule has 1 unspecified atom stereocenters. The van der Waals surface area contributed by atoms with Crippen LogP contribution in [0.15, 0.2) is 18.2 Å². The summed E-state index contributed by atoms with van der Waals surface area (Å²) < 4.78 is 12.9. The number of hydrogen-bond donors (Lipinski definition) is 3. The van der Waals surface area contributed by atoms with Crippen LogP contribution in [-0.4, -0.2) is 28.8 Å². The summed E-state index contributed by atoms with van der Waals surface area (Å²) in [6, 6.07) is 3.14. The Balaban J connectivity index is 2.61. The predicted octanol–water partition coefficient (Wildman–Crippen LogP) is 1.42. The van der Waals surface area contributed by atoms with Gasteiger partial charge in [0, 0.05) is 6.54 Å². The highest BCUT2D eigenvalue weighted by Gasteiger charge is 2.13. The highest BCUT2D eigenvalue weighted by molar-refractivity contribution is 5.96. The van der Waals surface area contributed by atoms with Gasteiger partial charge >= 0.3 is 0 Å². The van der Waals surface area contributed by atoms with Crippen molar-refractivity contribution in [2.24, 2.45) is 0 Å². The quantitative estimate of drug-likeness (QED) is 0.730. The van der Waals surface area contributed by atoms with Gasteiger partial charge in [-0.2, -0.15) is 0 Å². The standard InChI is InChI=1S/C12H16FNO3/c1-2-3-9(15)7-14-12(17)10-6-8(13)4-5-11(10)16/h4-6,9,15-16H,2-3,7H2,1H3,(H,14,17). The lowest BCUT2D eigenvalue weighted by Gasteiger charge is -2.11. The third-order valence-corrected chi connectivity index (χ3v) is 2.32. The molecule has 0 aliphatic rings. The molecule has 3 N–H and O–H groups in total. The number of hydrogen-bond acceptors (Lipinski definition) is 3. The van der Waals surface area contributed by atoms with Crippen LogP contribution in [0.3, 0.4) is 0 Å². The third-order valence-electron chi connectivity index (χ3n) is 2.32. The molecule has 94 valence electrons. The summed E-state index contributed by atoms with van der Waals surface area (Å²) >= 11 is 0. The molecule has 0 spiro atoms. The van der Waals surface area contributed by atoms with E-state index in [2.05, 4.69) is 5.32 Å². The van der Waals surface area contributed by atoms with Gasteiger partial charge in [0.1, 0.15) is 11.6 Å². The SMILES string of the molecule is CCCC(O)CNC(=O)c1cc(F)ccc1O. The summed E-state index contributed by atoms with van der Waals surface area (Å²) in [5.41, 5.74) is -0.131. The summed E-state index contributed by atoms with van der Waals surface area (Å²) in [7, 11) is 0. The molecule has 0 heterocycles. The van der Waals surface area contributed by atoms with Crippen LogP contribution in [0, 0.1) is 5.82 Å². The van der Waals surface area contributed by atoms with Crippen molar-refractivity contribution in [1.82, 2.24) is 5.32 Å². The van der Waals surface area contributed by atoms with Crippen molar-refractivity contribution in [3.05, 3.63) is 29.6 Å². The number of amides is 1. The first kappa shape index (κ1) is 13.4. The molecular formula is C12H16FNO3. The predicted molar refractivity (Wildman–Crippen MR) is 61.3 cm³/mol. The number of halogens is 1. The lowest BCUT2D eigenvalue weighted by atomic mass is 10.1. The van der Waals surface area contributed by atoms with E-state index < -0.39 is 17.8 Å². The van der Waals surface area contributed by atoms with E-state index in [1.54, 1.807) is 0 Å². The number of aliphatic hydroxyl groups is 1. The van der Waals surface area contributed by atoms with E-state index in [1.165, 1.54) is 0 Å². The molecule has 4 nitrogen and oxygen atoms in total. The number of phenolic OH excluding ortho intramolecular Hbond substituents is 1. The molecule has 5 heteroatoms. The van der Waals surface area contributed by atoms with Crippen LogP contribution in [0.2, 0.25) is 0 Å². The first-order valence-electron chi connectivity index (χ1n) is 5.49. The lowest BCUT2D eigenvalue weighted by Crippen LogP contribution is -2.32. The molecule has 1 aromatic carbocycles. The van der Waals surface area contributed by atoms with Gasteiger partial charge in [-0.25, -0.2) is 4.39 Å². The molecule has 0 aromatic heterocycles. The zero-order chi connectivity index (χ0) is 12.8. The second kappa shape index (κ2) is 6.20. The van der Waals surface area contributed by atoms with Crippen LogP contribution in [0.5, 0.6) is 5.75 Å². The molecule has 0 bridgehead atoms. The average molecular weight is 241 g/mol. The van der Waals surface area contributed by atoms with Gasteiger partial charge in [-0.15, -0.1) is 0 Å². The number of carbonyl (C=O) groups excluding carboxylic acids is 1. The van der Waals surface area contributed by atoms with Crippen LogP contribution in [0.25, 0.3) is 0 Å². The fourth-order valence-electron chi connectivity index (χ4n) is 1.43. The van der Waals surface area contributed by atoms with Crippen LogP contribution in [-0.2, 0) is 0 Å². The smallest absolute Gasteiger partial charge is 0.255 e. The van der Waals surface area contributed by atoms with E-state index in [0.29, 0.717) is 6.42 Å². The first-order valence-corrected chi connectivity index (χ1v) is 5.49. The normalized spacial score (nSPS) is 12.2. The van der Waals surface area contributed by atoms with Gasteiger partial charge in [-0.3, -0.25) is 4.79 Å². The van der Waals surface area contributed by atoms with Crippen LogP contribution < -0.4 is 5.32 Å². The lowest BCUT2D eigenvalue weighted by molar-refractivity contribution is 0.0907. The van der Waals surface area contributed by atoms with Gasteiger partial charge in [-0.05, 0) is 24.6 Å². The molecule has 1 rings (SSSR count). The van der Waals surface area contributed by atoms with Gasteiger partial charge < -0.3 is 15.5 Å². The van der Waals surface area contributed by atoms with Gasteiger partial charge in [-0.1, -0.05) is 13.3 Å². The van der Waals surface area contributed by atoms with Gasteiger partial charge in [0.05, 0.1) is 11.7 Å². The zero-order valence-electron chi connectivity index (χ0n) is 9.61. The minimum Gasteiger partial charge on any atom is -0.507 e.